The van der Waals surface area contributed by atoms with E-state index in [4.69, 9.17) is 4.42 Å². The number of rotatable bonds is 5. The molecule has 0 unspecified atom stereocenters. The average Bonchev–Trinajstić information content (AvgIpc) is 3.74. The number of fused-ring (bicyclic) bond motifs is 8. The maximum Gasteiger partial charge on any atom is 0.159 e. The number of benzene rings is 8. The molecule has 0 saturated carbocycles. The van der Waals surface area contributed by atoms with Gasteiger partial charge >= 0.3 is 0 Å². The zero-order valence-corrected chi connectivity index (χ0v) is 32.6. The minimum Gasteiger partial charge on any atom is -0.454 e. The fraction of sp³-hybridized carbons (Fsp3) is 0.111. The minimum atomic E-state index is -0.260. The summed E-state index contributed by atoms with van der Waals surface area (Å²) in [6, 6.07) is 66.1. The third-order valence-corrected chi connectivity index (χ3v) is 12.6. The molecule has 11 rings (SSSR count). The lowest BCUT2D eigenvalue weighted by Gasteiger charge is -2.42. The summed E-state index contributed by atoms with van der Waals surface area (Å²) in [5, 5.41) is 2.26. The van der Waals surface area contributed by atoms with E-state index >= 15 is 0 Å². The molecule has 3 nitrogen and oxygen atoms in total. The van der Waals surface area contributed by atoms with E-state index in [1.54, 1.807) is 0 Å². The summed E-state index contributed by atoms with van der Waals surface area (Å²) in [5.41, 5.74) is 18.4. The predicted molar refractivity (Wildman–Crippen MR) is 238 cm³/mol. The van der Waals surface area contributed by atoms with Gasteiger partial charge in [0.2, 0.25) is 0 Å². The van der Waals surface area contributed by atoms with Gasteiger partial charge in [0, 0.05) is 38.7 Å². The molecule has 2 aliphatic rings. The lowest BCUT2D eigenvalue weighted by Crippen LogP contribution is -2.30. The van der Waals surface area contributed by atoms with Crippen LogP contribution in [0.5, 0.6) is 0 Å². The lowest BCUT2D eigenvalue weighted by molar-refractivity contribution is 0.632. The maximum absolute atomic E-state index is 6.91. The number of hydrogen-bond acceptors (Lipinski definition) is 3. The molecule has 2 heterocycles. The van der Waals surface area contributed by atoms with Crippen LogP contribution in [0.25, 0.3) is 44.2 Å². The van der Waals surface area contributed by atoms with Crippen molar-refractivity contribution in [2.45, 2.75) is 38.5 Å². The third-order valence-electron chi connectivity index (χ3n) is 12.6. The van der Waals surface area contributed by atoms with Crippen LogP contribution in [0.15, 0.2) is 186 Å². The highest BCUT2D eigenvalue weighted by atomic mass is 16.3. The normalized spacial score (nSPS) is 14.6. The van der Waals surface area contributed by atoms with Gasteiger partial charge in [-0.1, -0.05) is 143 Å². The average molecular weight is 735 g/mol. The van der Waals surface area contributed by atoms with Crippen molar-refractivity contribution in [1.29, 1.82) is 0 Å². The van der Waals surface area contributed by atoms with Crippen LogP contribution in [-0.4, -0.2) is 0 Å². The molecule has 0 amide bonds. The first-order chi connectivity index (χ1) is 27.8. The van der Waals surface area contributed by atoms with E-state index in [0.29, 0.717) is 0 Å². The van der Waals surface area contributed by atoms with Crippen LogP contribution in [0.2, 0.25) is 0 Å². The second-order valence-electron chi connectivity index (χ2n) is 16.6. The molecular formula is C54H42N2O. The molecule has 0 N–H and O–H groups in total. The highest BCUT2D eigenvalue weighted by molar-refractivity contribution is 6.14. The molecule has 8 aromatic carbocycles. The molecule has 1 aliphatic carbocycles. The van der Waals surface area contributed by atoms with Gasteiger partial charge in [-0.2, -0.15) is 0 Å². The highest BCUT2D eigenvalue weighted by Gasteiger charge is 2.41. The number of para-hydroxylation sites is 4. The van der Waals surface area contributed by atoms with Crippen molar-refractivity contribution in [1.82, 2.24) is 0 Å². The summed E-state index contributed by atoms with van der Waals surface area (Å²) in [7, 11) is 0. The number of anilines is 6. The van der Waals surface area contributed by atoms with Crippen molar-refractivity contribution in [3.05, 3.63) is 204 Å². The van der Waals surface area contributed by atoms with Crippen LogP contribution in [0.4, 0.5) is 34.1 Å². The van der Waals surface area contributed by atoms with Crippen molar-refractivity contribution in [3.63, 3.8) is 0 Å². The third kappa shape index (κ3) is 4.91. The quantitative estimate of drug-likeness (QED) is 0.176. The molecule has 0 radical (unpaired) electrons. The van der Waals surface area contributed by atoms with E-state index in [-0.39, 0.29) is 10.8 Å². The molecule has 9 aromatic rings. The lowest BCUT2D eigenvalue weighted by atomic mass is 9.73. The molecule has 1 aromatic heterocycles. The van der Waals surface area contributed by atoms with Crippen molar-refractivity contribution in [3.8, 4) is 22.3 Å². The second-order valence-corrected chi connectivity index (χ2v) is 16.6. The first kappa shape index (κ1) is 33.5. The van der Waals surface area contributed by atoms with Gasteiger partial charge in [-0.15, -0.1) is 0 Å². The molecule has 57 heavy (non-hydrogen) atoms. The molecule has 274 valence electrons. The molecule has 0 bridgehead atoms. The van der Waals surface area contributed by atoms with Crippen molar-refractivity contribution >= 4 is 56.1 Å². The van der Waals surface area contributed by atoms with Crippen LogP contribution in [0, 0.1) is 0 Å². The zero-order chi connectivity index (χ0) is 38.5. The summed E-state index contributed by atoms with van der Waals surface area (Å²) in [6.45, 7) is 9.43. The van der Waals surface area contributed by atoms with Gasteiger partial charge < -0.3 is 14.2 Å². The zero-order valence-electron chi connectivity index (χ0n) is 32.6. The van der Waals surface area contributed by atoms with Crippen LogP contribution >= 0.6 is 0 Å². The summed E-state index contributed by atoms with van der Waals surface area (Å²) in [4.78, 5) is 4.84. The highest BCUT2D eigenvalue weighted by Crippen LogP contribution is 2.58. The SMILES string of the molecule is CC1(C)c2ccccc2N(c2ccccc2)c2ccc(-c3ccc(N(c4ccccc4)c4c5c(cc6c4oc4ccccc46)-c4ccccc4C5(C)C)cc3)cc21. The number of nitrogens with zero attached hydrogens (tertiary/aromatic N) is 2. The topological polar surface area (TPSA) is 19.6 Å². The molecule has 0 spiro atoms. The number of hydrogen-bond donors (Lipinski definition) is 0. The summed E-state index contributed by atoms with van der Waals surface area (Å²) >= 11 is 0. The Labute approximate surface area is 334 Å². The Morgan fingerprint density at radius 1 is 0.456 bits per heavy atom. The van der Waals surface area contributed by atoms with Gasteiger partial charge in [0.15, 0.2) is 5.58 Å². The smallest absolute Gasteiger partial charge is 0.159 e. The van der Waals surface area contributed by atoms with Crippen LogP contribution in [-0.2, 0) is 10.8 Å². The van der Waals surface area contributed by atoms with Crippen LogP contribution < -0.4 is 9.80 Å². The van der Waals surface area contributed by atoms with Gasteiger partial charge in [-0.05, 0) is 111 Å². The second kappa shape index (κ2) is 12.3. The number of furan rings is 1. The molecule has 0 atom stereocenters. The van der Waals surface area contributed by atoms with Crippen LogP contribution in [0.3, 0.4) is 0 Å². The summed E-state index contributed by atoms with van der Waals surface area (Å²) < 4.78 is 6.91. The summed E-state index contributed by atoms with van der Waals surface area (Å²) in [5.74, 6) is 0. The molecule has 0 fully saturated rings. The van der Waals surface area contributed by atoms with Crippen molar-refractivity contribution in [2.75, 3.05) is 9.80 Å². The summed E-state index contributed by atoms with van der Waals surface area (Å²) in [6.07, 6.45) is 0. The van der Waals surface area contributed by atoms with Crippen molar-refractivity contribution < 1.29 is 4.42 Å². The molecular weight excluding hydrogens is 693 g/mol. The van der Waals surface area contributed by atoms with Gasteiger partial charge in [0.1, 0.15) is 5.58 Å². The largest absolute Gasteiger partial charge is 0.454 e. The standard InChI is InChI=1S/C54H42N2O/c1-53(2)45-24-14-15-25-47(45)56(38-19-9-6-10-20-38)48-32-29-36(33-46(48)53)35-27-30-39(31-28-35)55(37-17-7-5-8-18-37)51-50-42(40-21-11-13-23-44(40)54(50,3)4)34-43-41-22-12-16-26-49(41)57-52(43)51/h5-34H,1-4H3. The first-order valence-corrected chi connectivity index (χ1v) is 19.9. The van der Waals surface area contributed by atoms with Crippen molar-refractivity contribution in [2.24, 2.45) is 0 Å². The van der Waals surface area contributed by atoms with Gasteiger partial charge in [0.25, 0.3) is 0 Å². The fourth-order valence-corrected chi connectivity index (χ4v) is 9.82. The Morgan fingerprint density at radius 3 is 1.86 bits per heavy atom. The maximum atomic E-state index is 6.91. The first-order valence-electron chi connectivity index (χ1n) is 19.9. The van der Waals surface area contributed by atoms with E-state index in [1.807, 2.05) is 0 Å². The van der Waals surface area contributed by atoms with Gasteiger partial charge in [0.05, 0.1) is 17.1 Å². The van der Waals surface area contributed by atoms with Gasteiger partial charge in [-0.25, -0.2) is 0 Å². The van der Waals surface area contributed by atoms with Gasteiger partial charge in [-0.3, -0.25) is 0 Å². The molecule has 3 heteroatoms. The predicted octanol–water partition coefficient (Wildman–Crippen LogP) is 15.1. The van der Waals surface area contributed by atoms with Crippen LogP contribution in [0.1, 0.15) is 49.9 Å². The Balaban J connectivity index is 1.09. The Kier molecular flexibility index (Phi) is 7.25. The van der Waals surface area contributed by atoms with E-state index < -0.39 is 0 Å². The van der Waals surface area contributed by atoms with E-state index in [1.165, 1.54) is 55.9 Å². The monoisotopic (exact) mass is 734 g/mol. The fourth-order valence-electron chi connectivity index (χ4n) is 9.82. The Bertz CT molecular complexity index is 3010. The van der Waals surface area contributed by atoms with E-state index in [2.05, 4.69) is 219 Å². The Morgan fingerprint density at radius 2 is 1.07 bits per heavy atom. The van der Waals surface area contributed by atoms with E-state index in [0.717, 1.165) is 44.7 Å². The Hall–Kier alpha value is -6.84. The minimum absolute atomic E-state index is 0.187. The molecule has 1 aliphatic heterocycles. The molecule has 0 saturated heterocycles. The van der Waals surface area contributed by atoms with E-state index in [9.17, 15) is 0 Å².